The lowest BCUT2D eigenvalue weighted by Gasteiger charge is -2.15. The summed E-state index contributed by atoms with van der Waals surface area (Å²) in [5, 5.41) is 21.6. The first-order chi connectivity index (χ1) is 14.3. The Morgan fingerprint density at radius 3 is 1.93 bits per heavy atom. The van der Waals surface area contributed by atoms with E-state index in [1.54, 1.807) is 0 Å². The van der Waals surface area contributed by atoms with Crippen molar-refractivity contribution < 1.29 is 33.4 Å². The number of rotatable bonds is 6. The zero-order valence-electron chi connectivity index (χ0n) is 15.3. The SMILES string of the molecule is O=C(NC(C(=O)O)c1ccc(C(=O)c2ccc(F)cc2O)cc1)c1ccc(F)cc1. The molecule has 1 amide bonds. The molecule has 0 bridgehead atoms. The fraction of sp³-hybridized carbons (Fsp3) is 0.0455. The molecular formula is C22H15F2NO5. The molecule has 0 heterocycles. The Labute approximate surface area is 169 Å². The third-order valence-electron chi connectivity index (χ3n) is 4.34. The van der Waals surface area contributed by atoms with E-state index in [1.807, 2.05) is 0 Å². The van der Waals surface area contributed by atoms with Gasteiger partial charge in [0.15, 0.2) is 11.8 Å². The maximum absolute atomic E-state index is 13.1. The molecule has 0 aliphatic rings. The Balaban J connectivity index is 1.81. The van der Waals surface area contributed by atoms with Gasteiger partial charge in [0.25, 0.3) is 5.91 Å². The third kappa shape index (κ3) is 4.49. The largest absolute Gasteiger partial charge is 0.507 e. The number of phenols is 1. The maximum atomic E-state index is 13.1. The summed E-state index contributed by atoms with van der Waals surface area (Å²) in [6.07, 6.45) is 0. The number of carboxylic acids is 1. The van der Waals surface area contributed by atoms with Gasteiger partial charge >= 0.3 is 5.97 Å². The van der Waals surface area contributed by atoms with E-state index in [9.17, 15) is 33.4 Å². The van der Waals surface area contributed by atoms with Crippen LogP contribution in [-0.4, -0.2) is 27.9 Å². The van der Waals surface area contributed by atoms with Gasteiger partial charge in [0.05, 0.1) is 5.56 Å². The maximum Gasteiger partial charge on any atom is 0.330 e. The van der Waals surface area contributed by atoms with Crippen LogP contribution in [0.4, 0.5) is 8.78 Å². The smallest absolute Gasteiger partial charge is 0.330 e. The van der Waals surface area contributed by atoms with Crippen LogP contribution in [0.25, 0.3) is 0 Å². The lowest BCUT2D eigenvalue weighted by atomic mass is 9.99. The molecule has 1 atom stereocenters. The van der Waals surface area contributed by atoms with Crippen molar-refractivity contribution in [3.05, 3.63) is 101 Å². The van der Waals surface area contributed by atoms with Gasteiger partial charge < -0.3 is 15.5 Å². The Morgan fingerprint density at radius 1 is 0.800 bits per heavy atom. The Morgan fingerprint density at radius 2 is 1.37 bits per heavy atom. The van der Waals surface area contributed by atoms with Crippen molar-refractivity contribution in [3.63, 3.8) is 0 Å². The van der Waals surface area contributed by atoms with E-state index in [2.05, 4.69) is 5.32 Å². The Hall–Kier alpha value is -4.07. The first kappa shape index (κ1) is 20.7. The molecule has 6 nitrogen and oxygen atoms in total. The van der Waals surface area contributed by atoms with Crippen LogP contribution in [0.15, 0.2) is 66.7 Å². The summed E-state index contributed by atoms with van der Waals surface area (Å²) in [7, 11) is 0. The number of phenolic OH excluding ortho intramolecular Hbond substituents is 1. The van der Waals surface area contributed by atoms with Gasteiger partial charge in [-0.15, -0.1) is 0 Å². The minimum Gasteiger partial charge on any atom is -0.507 e. The first-order valence-corrected chi connectivity index (χ1v) is 8.68. The van der Waals surface area contributed by atoms with Crippen LogP contribution < -0.4 is 5.32 Å². The molecule has 30 heavy (non-hydrogen) atoms. The second kappa shape index (κ2) is 8.52. The van der Waals surface area contributed by atoms with Crippen molar-refractivity contribution in [2.75, 3.05) is 0 Å². The summed E-state index contributed by atoms with van der Waals surface area (Å²) in [6, 6.07) is 11.5. The summed E-state index contributed by atoms with van der Waals surface area (Å²) in [5.74, 6) is -4.37. The van der Waals surface area contributed by atoms with Crippen LogP contribution in [0.2, 0.25) is 0 Å². The van der Waals surface area contributed by atoms with Crippen molar-refractivity contribution >= 4 is 17.7 Å². The van der Waals surface area contributed by atoms with E-state index in [0.717, 1.165) is 30.3 Å². The van der Waals surface area contributed by atoms with Gasteiger partial charge in [0, 0.05) is 17.2 Å². The second-order valence-corrected chi connectivity index (χ2v) is 6.36. The van der Waals surface area contributed by atoms with Gasteiger partial charge in [0.2, 0.25) is 0 Å². The van der Waals surface area contributed by atoms with E-state index in [0.29, 0.717) is 0 Å². The first-order valence-electron chi connectivity index (χ1n) is 8.68. The number of aromatic hydroxyl groups is 1. The number of carbonyl (C=O) groups is 3. The number of carbonyl (C=O) groups excluding carboxylic acids is 2. The highest BCUT2D eigenvalue weighted by molar-refractivity contribution is 6.10. The van der Waals surface area contributed by atoms with Crippen LogP contribution in [0.3, 0.4) is 0 Å². The molecule has 0 aromatic heterocycles. The predicted octanol–water partition coefficient (Wildman–Crippen LogP) is 3.46. The van der Waals surface area contributed by atoms with Gasteiger partial charge in [-0.25, -0.2) is 13.6 Å². The van der Waals surface area contributed by atoms with Crippen molar-refractivity contribution in [2.45, 2.75) is 6.04 Å². The summed E-state index contributed by atoms with van der Waals surface area (Å²) >= 11 is 0. The molecule has 0 fully saturated rings. The highest BCUT2D eigenvalue weighted by atomic mass is 19.1. The molecule has 3 aromatic rings. The number of nitrogens with one attached hydrogen (secondary N) is 1. The number of aliphatic carboxylic acids is 1. The molecule has 0 aliphatic carbocycles. The Kier molecular flexibility index (Phi) is 5.87. The molecule has 152 valence electrons. The van der Waals surface area contributed by atoms with Gasteiger partial charge in [-0.2, -0.15) is 0 Å². The highest BCUT2D eigenvalue weighted by Crippen LogP contribution is 2.23. The van der Waals surface area contributed by atoms with E-state index >= 15 is 0 Å². The molecule has 3 N–H and O–H groups in total. The average Bonchev–Trinajstić information content (AvgIpc) is 2.72. The molecule has 0 saturated heterocycles. The average molecular weight is 411 g/mol. The van der Waals surface area contributed by atoms with Crippen molar-refractivity contribution in [3.8, 4) is 5.75 Å². The monoisotopic (exact) mass is 411 g/mol. The van der Waals surface area contributed by atoms with Gasteiger partial charge in [-0.3, -0.25) is 9.59 Å². The van der Waals surface area contributed by atoms with E-state index < -0.39 is 41.1 Å². The van der Waals surface area contributed by atoms with E-state index in [-0.39, 0.29) is 22.3 Å². The standard InChI is InChI=1S/C22H15F2NO5/c23-15-7-5-14(6-8-15)21(28)25-19(22(29)30)12-1-3-13(4-2-12)20(27)17-10-9-16(24)11-18(17)26/h1-11,19,26H,(H,25,28)(H,29,30). The number of ketones is 1. The number of carboxylic acid groups (broad SMARTS) is 1. The topological polar surface area (TPSA) is 104 Å². The summed E-state index contributed by atoms with van der Waals surface area (Å²) in [4.78, 5) is 36.4. The fourth-order valence-corrected chi connectivity index (χ4v) is 2.78. The zero-order chi connectivity index (χ0) is 21.8. The van der Waals surface area contributed by atoms with Gasteiger partial charge in [-0.1, -0.05) is 24.3 Å². The van der Waals surface area contributed by atoms with Crippen molar-refractivity contribution in [1.29, 1.82) is 0 Å². The second-order valence-electron chi connectivity index (χ2n) is 6.36. The number of benzene rings is 3. The highest BCUT2D eigenvalue weighted by Gasteiger charge is 2.23. The molecular weight excluding hydrogens is 396 g/mol. The normalized spacial score (nSPS) is 11.5. The van der Waals surface area contributed by atoms with Crippen LogP contribution >= 0.6 is 0 Å². The van der Waals surface area contributed by atoms with Crippen LogP contribution in [0, 0.1) is 11.6 Å². The van der Waals surface area contributed by atoms with Crippen LogP contribution in [0.1, 0.15) is 37.9 Å². The van der Waals surface area contributed by atoms with Crippen molar-refractivity contribution in [1.82, 2.24) is 5.32 Å². The molecule has 3 rings (SSSR count). The third-order valence-corrected chi connectivity index (χ3v) is 4.34. The summed E-state index contributed by atoms with van der Waals surface area (Å²) in [6.45, 7) is 0. The van der Waals surface area contributed by atoms with E-state index in [4.69, 9.17) is 0 Å². The number of hydrogen-bond acceptors (Lipinski definition) is 4. The minimum atomic E-state index is -1.41. The fourth-order valence-electron chi connectivity index (χ4n) is 2.78. The Bertz CT molecular complexity index is 1110. The molecule has 1 unspecified atom stereocenters. The van der Waals surface area contributed by atoms with Crippen LogP contribution in [0.5, 0.6) is 5.75 Å². The van der Waals surface area contributed by atoms with Crippen molar-refractivity contribution in [2.24, 2.45) is 0 Å². The number of amides is 1. The predicted molar refractivity (Wildman–Crippen MR) is 102 cm³/mol. The summed E-state index contributed by atoms with van der Waals surface area (Å²) in [5.41, 5.74) is 0.303. The lowest BCUT2D eigenvalue weighted by molar-refractivity contribution is -0.139. The molecule has 8 heteroatoms. The minimum absolute atomic E-state index is 0.0845. The molecule has 0 aliphatic heterocycles. The number of halogens is 2. The van der Waals surface area contributed by atoms with Gasteiger partial charge in [-0.05, 0) is 42.0 Å². The molecule has 0 radical (unpaired) electrons. The quantitative estimate of drug-likeness (QED) is 0.539. The molecule has 0 spiro atoms. The van der Waals surface area contributed by atoms with Crippen LogP contribution in [-0.2, 0) is 4.79 Å². The zero-order valence-corrected chi connectivity index (χ0v) is 15.3. The lowest BCUT2D eigenvalue weighted by Crippen LogP contribution is -2.33. The van der Waals surface area contributed by atoms with E-state index in [1.165, 1.54) is 36.4 Å². The molecule has 3 aromatic carbocycles. The summed E-state index contributed by atoms with van der Waals surface area (Å²) < 4.78 is 26.1. The van der Waals surface area contributed by atoms with Gasteiger partial charge in [0.1, 0.15) is 17.4 Å². The number of hydrogen-bond donors (Lipinski definition) is 3. The molecule has 0 saturated carbocycles.